The monoisotopic (exact) mass is 1210 g/mol. The van der Waals surface area contributed by atoms with Crippen LogP contribution in [0.15, 0.2) is 72.9 Å². The lowest BCUT2D eigenvalue weighted by molar-refractivity contribution is -0.161. The van der Waals surface area contributed by atoms with Crippen LogP contribution in [-0.2, 0) is 55.8 Å². The van der Waals surface area contributed by atoms with Crippen LogP contribution in [0.5, 0.6) is 0 Å². The topological polar surface area (TPSA) is 231 Å². The lowest BCUT2D eigenvalue weighted by Gasteiger charge is -2.21. The molecular formula is C65H116O16P2. The maximum absolute atomic E-state index is 12.8. The van der Waals surface area contributed by atoms with Gasteiger partial charge in [0, 0.05) is 19.3 Å². The number of unbranched alkanes of at least 4 members (excludes halogenated alkanes) is 26. The summed E-state index contributed by atoms with van der Waals surface area (Å²) < 4.78 is 60.6. The Balaban J connectivity index is 4.47. The highest BCUT2D eigenvalue weighted by Crippen LogP contribution is 2.45. The molecule has 0 amide bonds. The number of phosphoric acid groups is 2. The minimum Gasteiger partial charge on any atom is -0.463 e. The van der Waals surface area contributed by atoms with E-state index in [0.717, 1.165) is 122 Å². The number of phosphoric ester groups is 2. The highest BCUT2D eigenvalue weighted by atomic mass is 31.2. The van der Waals surface area contributed by atoms with Crippen LogP contribution in [-0.4, -0.2) is 95.9 Å². The van der Waals surface area contributed by atoms with Gasteiger partial charge in [-0.2, -0.15) is 0 Å². The number of carbonyl (C=O) groups is 3. The van der Waals surface area contributed by atoms with Crippen molar-refractivity contribution in [2.45, 2.75) is 283 Å². The van der Waals surface area contributed by atoms with Gasteiger partial charge in [0.25, 0.3) is 0 Å². The minimum atomic E-state index is -4.91. The second kappa shape index (κ2) is 59.3. The van der Waals surface area contributed by atoms with E-state index in [0.29, 0.717) is 19.3 Å². The third-order valence-corrected chi connectivity index (χ3v) is 15.3. The molecule has 0 spiro atoms. The summed E-state index contributed by atoms with van der Waals surface area (Å²) in [4.78, 5) is 58.1. The molecule has 0 aromatic rings. The van der Waals surface area contributed by atoms with Crippen molar-refractivity contribution < 1.29 is 75.8 Å². The Hall–Kier alpha value is -3.01. The number of aliphatic hydroxyl groups excluding tert-OH is 2. The third-order valence-electron chi connectivity index (χ3n) is 13.4. The molecule has 0 fully saturated rings. The van der Waals surface area contributed by atoms with Gasteiger partial charge < -0.3 is 34.2 Å². The zero-order chi connectivity index (χ0) is 61.0. The Labute approximate surface area is 503 Å². The van der Waals surface area contributed by atoms with E-state index in [9.17, 15) is 43.5 Å². The second-order valence-corrected chi connectivity index (χ2v) is 24.5. The lowest BCUT2D eigenvalue weighted by atomic mass is 10.1. The molecule has 0 aromatic heterocycles. The Morgan fingerprint density at radius 2 is 0.639 bits per heavy atom. The van der Waals surface area contributed by atoms with Gasteiger partial charge in [-0.1, -0.05) is 248 Å². The first kappa shape index (κ1) is 80.0. The summed E-state index contributed by atoms with van der Waals surface area (Å²) in [5.41, 5.74) is 0. The number of hydrogen-bond donors (Lipinski definition) is 4. The first-order valence-corrected chi connectivity index (χ1v) is 35.2. The smallest absolute Gasteiger partial charge is 0.463 e. The third kappa shape index (κ3) is 60.5. The molecular weight excluding hydrogens is 1100 g/mol. The fourth-order valence-electron chi connectivity index (χ4n) is 8.51. The van der Waals surface area contributed by atoms with Gasteiger partial charge in [0.05, 0.1) is 26.4 Å². The molecule has 16 nitrogen and oxygen atoms in total. The predicted octanol–water partition coefficient (Wildman–Crippen LogP) is 17.2. The van der Waals surface area contributed by atoms with Crippen molar-refractivity contribution in [1.29, 1.82) is 0 Å². The Morgan fingerprint density at radius 1 is 0.349 bits per heavy atom. The van der Waals surface area contributed by atoms with Gasteiger partial charge in [-0.05, 0) is 70.6 Å². The van der Waals surface area contributed by atoms with Crippen molar-refractivity contribution in [3.8, 4) is 0 Å². The molecule has 0 rings (SSSR count). The van der Waals surface area contributed by atoms with E-state index in [-0.39, 0.29) is 19.3 Å². The zero-order valence-electron chi connectivity index (χ0n) is 51.9. The summed E-state index contributed by atoms with van der Waals surface area (Å²) >= 11 is 0. The van der Waals surface area contributed by atoms with Crippen molar-refractivity contribution in [2.24, 2.45) is 0 Å². The number of ether oxygens (including phenoxy) is 3. The van der Waals surface area contributed by atoms with Crippen molar-refractivity contribution in [2.75, 3.05) is 39.6 Å². The van der Waals surface area contributed by atoms with Gasteiger partial charge in [-0.15, -0.1) is 0 Å². The van der Waals surface area contributed by atoms with Crippen LogP contribution in [0.3, 0.4) is 0 Å². The van der Waals surface area contributed by atoms with Crippen LogP contribution < -0.4 is 0 Å². The Bertz CT molecular complexity index is 1820. The summed E-state index contributed by atoms with van der Waals surface area (Å²) in [7, 11) is -9.75. The van der Waals surface area contributed by atoms with Crippen LogP contribution in [0.2, 0.25) is 0 Å². The van der Waals surface area contributed by atoms with Crippen molar-refractivity contribution in [3.05, 3.63) is 72.9 Å². The number of allylic oxidation sites excluding steroid dienone is 12. The summed E-state index contributed by atoms with van der Waals surface area (Å²) in [6, 6.07) is 0. The summed E-state index contributed by atoms with van der Waals surface area (Å²) in [6.07, 6.45) is 59.8. The van der Waals surface area contributed by atoms with Gasteiger partial charge in [0.15, 0.2) is 6.10 Å². The maximum atomic E-state index is 12.8. The minimum absolute atomic E-state index is 0.110. The fourth-order valence-corrected chi connectivity index (χ4v) is 10.1. The summed E-state index contributed by atoms with van der Waals surface area (Å²) in [5.74, 6) is -1.58. The molecule has 83 heavy (non-hydrogen) atoms. The van der Waals surface area contributed by atoms with E-state index in [1.54, 1.807) is 0 Å². The Kier molecular flexibility index (Phi) is 57.2. The van der Waals surface area contributed by atoms with E-state index >= 15 is 0 Å². The van der Waals surface area contributed by atoms with Gasteiger partial charge in [0.2, 0.25) is 0 Å². The van der Waals surface area contributed by atoms with Crippen molar-refractivity contribution >= 4 is 33.6 Å². The average Bonchev–Trinajstić information content (AvgIpc) is 3.46. The molecule has 0 radical (unpaired) electrons. The summed E-state index contributed by atoms with van der Waals surface area (Å²) in [5, 5.41) is 20.5. The van der Waals surface area contributed by atoms with Crippen LogP contribution in [0.4, 0.5) is 0 Å². The highest BCUT2D eigenvalue weighted by molar-refractivity contribution is 7.47. The number of carbonyl (C=O) groups excluding carboxylic acids is 3. The number of rotatable bonds is 61. The molecule has 0 aliphatic rings. The second-order valence-electron chi connectivity index (χ2n) is 21.6. The van der Waals surface area contributed by atoms with E-state index in [2.05, 4.69) is 93.7 Å². The first-order valence-electron chi connectivity index (χ1n) is 32.2. The van der Waals surface area contributed by atoms with Crippen molar-refractivity contribution in [1.82, 2.24) is 0 Å². The SMILES string of the molecule is CC/C=C\C/C=C\C/C=C\C/C=C\C/C=C\C/C=C\CCCCCCCCC(=O)OCC(O)COP(=O)(O)OCC(O)COP(=O)(O)OCC(COC(=O)CCCCCCCCCCCCC)OC(=O)CCCCCCCCCCCCC. The molecule has 482 valence electrons. The number of esters is 3. The van der Waals surface area contributed by atoms with Gasteiger partial charge in [-0.3, -0.25) is 32.5 Å². The molecule has 4 N–H and O–H groups in total. The quantitative estimate of drug-likeness (QED) is 0.0146. The normalized spacial score (nSPS) is 14.8. The van der Waals surface area contributed by atoms with Crippen LogP contribution >= 0.6 is 15.6 Å². The van der Waals surface area contributed by atoms with Crippen LogP contribution in [0.1, 0.15) is 265 Å². The highest BCUT2D eigenvalue weighted by Gasteiger charge is 2.29. The number of hydrogen-bond acceptors (Lipinski definition) is 14. The lowest BCUT2D eigenvalue weighted by Crippen LogP contribution is -2.30. The molecule has 0 aliphatic carbocycles. The van der Waals surface area contributed by atoms with Gasteiger partial charge >= 0.3 is 33.6 Å². The average molecular weight is 1220 g/mol. The summed E-state index contributed by atoms with van der Waals surface area (Å²) in [6.45, 7) is 2.52. The van der Waals surface area contributed by atoms with Gasteiger partial charge in [-0.25, -0.2) is 9.13 Å². The molecule has 0 aliphatic heterocycles. The largest absolute Gasteiger partial charge is 0.472 e. The van der Waals surface area contributed by atoms with Crippen LogP contribution in [0.25, 0.3) is 0 Å². The standard InChI is InChI=1S/C65H116O16P2/c1-4-7-10-13-16-19-22-23-24-25-26-27-28-29-30-31-32-33-34-35-38-40-42-45-48-51-63(68)75-54-60(66)55-77-82(71,72)78-56-61(67)57-79-83(73,74)80-59-62(81-65(70)53-50-47-44-41-37-21-18-15-12-9-6-3)58-76-64(69)52-49-46-43-39-36-20-17-14-11-8-5-2/h7,10,16,19,23-24,26-27,29-30,32-33,60-62,66-67H,4-6,8-9,11-15,17-18,20-22,25,28,31,34-59H2,1-3H3,(H,71,72)(H,73,74)/b10-7-,19-16-,24-23-,27-26-,30-29-,33-32-. The van der Waals surface area contributed by atoms with Crippen molar-refractivity contribution in [3.63, 3.8) is 0 Å². The molecule has 18 heteroatoms. The van der Waals surface area contributed by atoms with E-state index in [1.807, 2.05) is 0 Å². The van der Waals surface area contributed by atoms with Gasteiger partial charge in [0.1, 0.15) is 25.4 Å². The molecule has 5 unspecified atom stereocenters. The van der Waals surface area contributed by atoms with Crippen LogP contribution in [0, 0.1) is 0 Å². The van der Waals surface area contributed by atoms with E-state index < -0.39 is 91.5 Å². The first-order chi connectivity index (χ1) is 40.2. The molecule has 0 saturated carbocycles. The zero-order valence-corrected chi connectivity index (χ0v) is 53.6. The molecule has 5 atom stereocenters. The molecule has 0 aromatic carbocycles. The maximum Gasteiger partial charge on any atom is 0.472 e. The fraction of sp³-hybridized carbons (Fsp3) is 0.769. The molecule has 0 heterocycles. The Morgan fingerprint density at radius 3 is 1.01 bits per heavy atom. The molecule has 0 bridgehead atoms. The molecule has 0 saturated heterocycles. The predicted molar refractivity (Wildman–Crippen MR) is 335 cm³/mol. The van der Waals surface area contributed by atoms with E-state index in [1.165, 1.54) is 83.5 Å². The van der Waals surface area contributed by atoms with E-state index in [4.69, 9.17) is 32.3 Å². The number of aliphatic hydroxyl groups is 2.